The molecule has 2 aliphatic rings. The first-order valence-electron chi connectivity index (χ1n) is 6.62. The fourth-order valence-corrected chi connectivity index (χ4v) is 3.31. The van der Waals surface area contributed by atoms with E-state index in [9.17, 15) is 15.0 Å². The second-order valence-electron chi connectivity index (χ2n) is 5.41. The Balaban J connectivity index is 2.04. The molecule has 0 saturated carbocycles. The van der Waals surface area contributed by atoms with Gasteiger partial charge in [0.05, 0.1) is 0 Å². The van der Waals surface area contributed by atoms with Crippen molar-refractivity contribution in [2.45, 2.75) is 5.41 Å². The first kappa shape index (κ1) is 12.1. The minimum absolute atomic E-state index is 0.0902. The Hall–Kier alpha value is -2.69. The summed E-state index contributed by atoms with van der Waals surface area (Å²) in [4.78, 5) is 14.5. The van der Waals surface area contributed by atoms with Crippen molar-refractivity contribution >= 4 is 11.6 Å². The molecule has 106 valence electrons. The van der Waals surface area contributed by atoms with Gasteiger partial charge in [0, 0.05) is 24.4 Å². The van der Waals surface area contributed by atoms with Gasteiger partial charge in [0.15, 0.2) is 11.5 Å². The van der Waals surface area contributed by atoms with Gasteiger partial charge in [0.25, 0.3) is 0 Å². The third-order valence-corrected chi connectivity index (χ3v) is 4.38. The summed E-state index contributed by atoms with van der Waals surface area (Å²) in [6, 6.07) is 10.3. The molecule has 1 unspecified atom stereocenters. The average Bonchev–Trinajstić information content (AvgIpc) is 2.94. The highest BCUT2D eigenvalue weighted by atomic mass is 16.5. The predicted molar refractivity (Wildman–Crippen MR) is 75.9 cm³/mol. The van der Waals surface area contributed by atoms with Crippen LogP contribution in [0.1, 0.15) is 11.1 Å². The van der Waals surface area contributed by atoms with E-state index >= 15 is 0 Å². The van der Waals surface area contributed by atoms with Gasteiger partial charge in [-0.3, -0.25) is 4.79 Å². The molecule has 5 nitrogen and oxygen atoms in total. The molecule has 1 atom stereocenters. The highest BCUT2D eigenvalue weighted by Crippen LogP contribution is 2.53. The Kier molecular flexibility index (Phi) is 2.12. The van der Waals surface area contributed by atoms with E-state index in [0.717, 1.165) is 11.3 Å². The van der Waals surface area contributed by atoms with Gasteiger partial charge in [0.2, 0.25) is 5.91 Å². The van der Waals surface area contributed by atoms with Crippen LogP contribution in [0.2, 0.25) is 0 Å². The lowest BCUT2D eigenvalue weighted by molar-refractivity contribution is -0.121. The van der Waals surface area contributed by atoms with E-state index in [1.807, 2.05) is 24.3 Å². The van der Waals surface area contributed by atoms with Crippen LogP contribution in [-0.4, -0.2) is 29.8 Å². The number of rotatable bonds is 0. The third kappa shape index (κ3) is 1.28. The predicted octanol–water partition coefficient (Wildman–Crippen LogP) is 1.75. The van der Waals surface area contributed by atoms with Gasteiger partial charge in [-0.15, -0.1) is 0 Å². The van der Waals surface area contributed by atoms with E-state index in [-0.39, 0.29) is 24.0 Å². The van der Waals surface area contributed by atoms with Gasteiger partial charge >= 0.3 is 0 Å². The zero-order valence-corrected chi connectivity index (χ0v) is 11.3. The monoisotopic (exact) mass is 283 g/mol. The van der Waals surface area contributed by atoms with Crippen molar-refractivity contribution in [2.24, 2.45) is 0 Å². The molecule has 4 rings (SSSR count). The number of benzene rings is 2. The lowest BCUT2D eigenvalue weighted by Gasteiger charge is -2.21. The molecule has 2 aliphatic heterocycles. The number of hydrogen-bond donors (Lipinski definition) is 2. The summed E-state index contributed by atoms with van der Waals surface area (Å²) in [5.41, 5.74) is 1.36. The SMILES string of the molecule is CN1C(=O)C2(COc3cc(O)c(O)cc32)c2ccccc21. The molecule has 0 fully saturated rings. The molecule has 21 heavy (non-hydrogen) atoms. The summed E-state index contributed by atoms with van der Waals surface area (Å²) in [7, 11) is 1.73. The molecule has 0 aromatic heterocycles. The Morgan fingerprint density at radius 3 is 2.67 bits per heavy atom. The van der Waals surface area contributed by atoms with Gasteiger partial charge in [-0.05, 0) is 17.7 Å². The van der Waals surface area contributed by atoms with Crippen LogP contribution in [0.3, 0.4) is 0 Å². The van der Waals surface area contributed by atoms with Gasteiger partial charge in [-0.2, -0.15) is 0 Å². The average molecular weight is 283 g/mol. The van der Waals surface area contributed by atoms with E-state index < -0.39 is 5.41 Å². The summed E-state index contributed by atoms with van der Waals surface area (Å²) in [6.07, 6.45) is 0. The van der Waals surface area contributed by atoms with Crippen LogP contribution in [0, 0.1) is 0 Å². The number of carbonyl (C=O) groups is 1. The van der Waals surface area contributed by atoms with Gasteiger partial charge in [-0.25, -0.2) is 0 Å². The molecular formula is C16H13NO4. The van der Waals surface area contributed by atoms with Crippen molar-refractivity contribution in [1.82, 2.24) is 0 Å². The Morgan fingerprint density at radius 2 is 1.86 bits per heavy atom. The zero-order chi connectivity index (χ0) is 14.8. The van der Waals surface area contributed by atoms with E-state index in [0.29, 0.717) is 11.3 Å². The molecule has 0 saturated heterocycles. The Labute approximate surface area is 121 Å². The van der Waals surface area contributed by atoms with Crippen LogP contribution in [0.5, 0.6) is 17.2 Å². The largest absolute Gasteiger partial charge is 0.504 e. The maximum atomic E-state index is 12.8. The maximum absolute atomic E-state index is 12.8. The number of phenolic OH excluding ortho intramolecular Hbond substituents is 2. The lowest BCUT2D eigenvalue weighted by atomic mass is 9.77. The number of phenols is 2. The molecule has 0 aliphatic carbocycles. The minimum Gasteiger partial charge on any atom is -0.504 e. The number of aromatic hydroxyl groups is 2. The second-order valence-corrected chi connectivity index (χ2v) is 5.41. The van der Waals surface area contributed by atoms with Crippen molar-refractivity contribution in [1.29, 1.82) is 0 Å². The fourth-order valence-electron chi connectivity index (χ4n) is 3.31. The number of anilines is 1. The van der Waals surface area contributed by atoms with E-state index in [4.69, 9.17) is 4.74 Å². The van der Waals surface area contributed by atoms with Crippen LogP contribution in [0.4, 0.5) is 5.69 Å². The van der Waals surface area contributed by atoms with Crippen molar-refractivity contribution < 1.29 is 19.7 Å². The van der Waals surface area contributed by atoms with Crippen LogP contribution < -0.4 is 9.64 Å². The van der Waals surface area contributed by atoms with Crippen LogP contribution in [-0.2, 0) is 10.2 Å². The number of nitrogens with zero attached hydrogens (tertiary/aromatic N) is 1. The first-order chi connectivity index (χ1) is 10.1. The molecule has 1 amide bonds. The van der Waals surface area contributed by atoms with Gasteiger partial charge in [0.1, 0.15) is 17.8 Å². The van der Waals surface area contributed by atoms with E-state index in [2.05, 4.69) is 0 Å². The number of likely N-dealkylation sites (N-methyl/N-ethyl adjacent to an activating group) is 1. The Morgan fingerprint density at radius 1 is 1.14 bits per heavy atom. The number of ether oxygens (including phenoxy) is 1. The third-order valence-electron chi connectivity index (χ3n) is 4.38. The van der Waals surface area contributed by atoms with Crippen molar-refractivity contribution in [3.05, 3.63) is 47.5 Å². The molecule has 1 spiro atoms. The van der Waals surface area contributed by atoms with Gasteiger partial charge < -0.3 is 19.8 Å². The van der Waals surface area contributed by atoms with E-state index in [1.54, 1.807) is 11.9 Å². The van der Waals surface area contributed by atoms with Crippen molar-refractivity contribution in [3.63, 3.8) is 0 Å². The number of para-hydroxylation sites is 1. The van der Waals surface area contributed by atoms with Crippen LogP contribution >= 0.6 is 0 Å². The number of carbonyl (C=O) groups excluding carboxylic acids is 1. The topological polar surface area (TPSA) is 70.0 Å². The van der Waals surface area contributed by atoms with Crippen LogP contribution in [0.25, 0.3) is 0 Å². The normalized spacial score (nSPS) is 22.3. The summed E-state index contributed by atoms with van der Waals surface area (Å²) in [6.45, 7) is 0.172. The standard InChI is InChI=1S/C16H13NO4/c1-17-11-5-3-2-4-9(11)16(15(17)20)8-21-14-7-13(19)12(18)6-10(14)16/h2-7,18-19H,8H2,1H3. The fraction of sp³-hybridized carbons (Fsp3) is 0.188. The highest BCUT2D eigenvalue weighted by Gasteiger charge is 2.56. The van der Waals surface area contributed by atoms with Gasteiger partial charge in [-0.1, -0.05) is 18.2 Å². The van der Waals surface area contributed by atoms with Crippen molar-refractivity contribution in [2.75, 3.05) is 18.6 Å². The molecule has 2 heterocycles. The zero-order valence-electron chi connectivity index (χ0n) is 11.3. The molecule has 0 bridgehead atoms. The molecule has 2 N–H and O–H groups in total. The second kappa shape index (κ2) is 3.69. The van der Waals surface area contributed by atoms with Crippen LogP contribution in [0.15, 0.2) is 36.4 Å². The number of amides is 1. The molecule has 0 radical (unpaired) electrons. The molecule has 5 heteroatoms. The maximum Gasteiger partial charge on any atom is 0.245 e. The molecule has 2 aromatic rings. The first-order valence-corrected chi connectivity index (χ1v) is 6.62. The quantitative estimate of drug-likeness (QED) is 0.723. The summed E-state index contributed by atoms with van der Waals surface area (Å²) in [5, 5.41) is 19.4. The minimum atomic E-state index is -0.939. The van der Waals surface area contributed by atoms with Crippen molar-refractivity contribution in [3.8, 4) is 17.2 Å². The molecule has 2 aromatic carbocycles. The molecular weight excluding hydrogens is 270 g/mol. The number of fused-ring (bicyclic) bond motifs is 4. The van der Waals surface area contributed by atoms with E-state index in [1.165, 1.54) is 12.1 Å². The highest BCUT2D eigenvalue weighted by molar-refractivity contribution is 6.11. The summed E-state index contributed by atoms with van der Waals surface area (Å²) >= 11 is 0. The Bertz CT molecular complexity index is 786. The number of hydrogen-bond acceptors (Lipinski definition) is 4. The summed E-state index contributed by atoms with van der Waals surface area (Å²) in [5.74, 6) is -0.160. The lowest BCUT2D eigenvalue weighted by Crippen LogP contribution is -2.40. The summed E-state index contributed by atoms with van der Waals surface area (Å²) < 4.78 is 5.63. The smallest absolute Gasteiger partial charge is 0.245 e.